The molecule has 5 nitrogen and oxygen atoms in total. The molecule has 0 amide bonds. The molecule has 0 spiro atoms. The first-order chi connectivity index (χ1) is 8.75. The molecule has 5 heteroatoms. The van der Waals surface area contributed by atoms with Gasteiger partial charge in [-0.05, 0) is 25.5 Å². The Labute approximate surface area is 107 Å². The number of anilines is 1. The van der Waals surface area contributed by atoms with Crippen molar-refractivity contribution in [2.75, 3.05) is 31.1 Å². The molecule has 1 atom stereocenters. The molecule has 1 unspecified atom stereocenters. The highest BCUT2D eigenvalue weighted by Crippen LogP contribution is 2.26. The van der Waals surface area contributed by atoms with E-state index in [-0.39, 0.29) is 5.84 Å². The second kappa shape index (κ2) is 4.57. The van der Waals surface area contributed by atoms with Gasteiger partial charge in [0.25, 0.3) is 0 Å². The molecule has 2 fully saturated rings. The summed E-state index contributed by atoms with van der Waals surface area (Å²) in [5.74, 6) is 0.126. The molecule has 2 saturated heterocycles. The SMILES string of the molecule is N=C(N)c1ccncc1N1CCN2CCCC2C1. The first-order valence-electron chi connectivity index (χ1n) is 6.53. The second-order valence-electron chi connectivity index (χ2n) is 5.08. The van der Waals surface area contributed by atoms with E-state index in [1.165, 1.54) is 19.4 Å². The van der Waals surface area contributed by atoms with Gasteiger partial charge in [0.05, 0.1) is 11.9 Å². The van der Waals surface area contributed by atoms with Crippen LogP contribution in [0.25, 0.3) is 0 Å². The highest BCUT2D eigenvalue weighted by molar-refractivity contribution is 6.00. The molecule has 0 aliphatic carbocycles. The minimum atomic E-state index is 0.126. The monoisotopic (exact) mass is 245 g/mol. The summed E-state index contributed by atoms with van der Waals surface area (Å²) in [6.45, 7) is 4.39. The Balaban J connectivity index is 1.85. The predicted octanol–water partition coefficient (Wildman–Crippen LogP) is 0.650. The van der Waals surface area contributed by atoms with Crippen molar-refractivity contribution in [3.8, 4) is 0 Å². The highest BCUT2D eigenvalue weighted by atomic mass is 15.3. The van der Waals surface area contributed by atoms with Crippen LogP contribution < -0.4 is 10.6 Å². The largest absolute Gasteiger partial charge is 0.384 e. The average molecular weight is 245 g/mol. The normalized spacial score (nSPS) is 24.0. The Hall–Kier alpha value is -1.62. The van der Waals surface area contributed by atoms with E-state index in [1.54, 1.807) is 6.20 Å². The van der Waals surface area contributed by atoms with Gasteiger partial charge in [-0.1, -0.05) is 0 Å². The second-order valence-corrected chi connectivity index (χ2v) is 5.08. The van der Waals surface area contributed by atoms with Gasteiger partial charge in [0.2, 0.25) is 0 Å². The van der Waals surface area contributed by atoms with Crippen molar-refractivity contribution in [3.05, 3.63) is 24.0 Å². The van der Waals surface area contributed by atoms with Crippen LogP contribution in [0, 0.1) is 5.41 Å². The molecule has 0 bridgehead atoms. The maximum atomic E-state index is 7.65. The molecule has 0 radical (unpaired) electrons. The van der Waals surface area contributed by atoms with Crippen molar-refractivity contribution in [1.29, 1.82) is 5.41 Å². The number of piperazine rings is 1. The number of rotatable bonds is 2. The van der Waals surface area contributed by atoms with Gasteiger partial charge in [0, 0.05) is 37.4 Å². The van der Waals surface area contributed by atoms with Gasteiger partial charge in [0.15, 0.2) is 0 Å². The van der Waals surface area contributed by atoms with Gasteiger partial charge >= 0.3 is 0 Å². The van der Waals surface area contributed by atoms with Crippen molar-refractivity contribution in [1.82, 2.24) is 9.88 Å². The lowest BCUT2D eigenvalue weighted by Crippen LogP contribution is -2.50. The lowest BCUT2D eigenvalue weighted by Gasteiger charge is -2.39. The van der Waals surface area contributed by atoms with E-state index in [9.17, 15) is 0 Å². The van der Waals surface area contributed by atoms with E-state index in [0.717, 1.165) is 30.9 Å². The molecular weight excluding hydrogens is 226 g/mol. The standard InChI is InChI=1S/C13H19N5/c14-13(15)11-3-4-16-8-12(11)18-7-6-17-5-1-2-10(17)9-18/h3-4,8,10H,1-2,5-7,9H2,(H3,14,15). The van der Waals surface area contributed by atoms with Crippen LogP contribution >= 0.6 is 0 Å². The molecule has 2 aliphatic heterocycles. The van der Waals surface area contributed by atoms with Crippen LogP contribution in [0.3, 0.4) is 0 Å². The average Bonchev–Trinajstić information content (AvgIpc) is 2.85. The Kier molecular flexibility index (Phi) is 2.91. The quantitative estimate of drug-likeness (QED) is 0.593. The minimum absolute atomic E-state index is 0.126. The summed E-state index contributed by atoms with van der Waals surface area (Å²) in [6.07, 6.45) is 6.13. The smallest absolute Gasteiger partial charge is 0.125 e. The van der Waals surface area contributed by atoms with E-state index in [0.29, 0.717) is 6.04 Å². The third-order valence-electron chi connectivity index (χ3n) is 4.02. The van der Waals surface area contributed by atoms with E-state index in [4.69, 9.17) is 11.1 Å². The van der Waals surface area contributed by atoms with Crippen LogP contribution in [0.15, 0.2) is 18.5 Å². The van der Waals surface area contributed by atoms with Crippen LogP contribution in [0.2, 0.25) is 0 Å². The summed E-state index contributed by atoms with van der Waals surface area (Å²) in [6, 6.07) is 2.50. The number of nitrogens with two attached hydrogens (primary N) is 1. The van der Waals surface area contributed by atoms with Crippen LogP contribution in [0.5, 0.6) is 0 Å². The Morgan fingerprint density at radius 2 is 2.28 bits per heavy atom. The molecule has 0 saturated carbocycles. The zero-order valence-electron chi connectivity index (χ0n) is 10.5. The van der Waals surface area contributed by atoms with Gasteiger partial charge in [-0.3, -0.25) is 15.3 Å². The van der Waals surface area contributed by atoms with E-state index in [2.05, 4.69) is 14.8 Å². The summed E-state index contributed by atoms with van der Waals surface area (Å²) >= 11 is 0. The number of nitrogen functional groups attached to an aromatic ring is 1. The van der Waals surface area contributed by atoms with Crippen molar-refractivity contribution < 1.29 is 0 Å². The van der Waals surface area contributed by atoms with E-state index in [1.807, 2.05) is 12.3 Å². The number of fused-ring (bicyclic) bond motifs is 1. The fraction of sp³-hybridized carbons (Fsp3) is 0.538. The van der Waals surface area contributed by atoms with Crippen LogP contribution in [-0.4, -0.2) is 47.9 Å². The van der Waals surface area contributed by atoms with Crippen molar-refractivity contribution >= 4 is 11.5 Å². The number of hydrogen-bond acceptors (Lipinski definition) is 4. The molecule has 3 rings (SSSR count). The number of hydrogen-bond donors (Lipinski definition) is 2. The summed E-state index contributed by atoms with van der Waals surface area (Å²) in [4.78, 5) is 9.08. The van der Waals surface area contributed by atoms with Gasteiger partial charge in [-0.2, -0.15) is 0 Å². The molecule has 3 heterocycles. The molecule has 0 aromatic carbocycles. The van der Waals surface area contributed by atoms with Gasteiger partial charge in [-0.15, -0.1) is 0 Å². The number of nitrogens with one attached hydrogen (secondary N) is 1. The Morgan fingerprint density at radius 1 is 1.39 bits per heavy atom. The van der Waals surface area contributed by atoms with E-state index < -0.39 is 0 Å². The molecule has 2 aliphatic rings. The highest BCUT2D eigenvalue weighted by Gasteiger charge is 2.31. The van der Waals surface area contributed by atoms with Crippen molar-refractivity contribution in [3.63, 3.8) is 0 Å². The third-order valence-corrected chi connectivity index (χ3v) is 4.02. The van der Waals surface area contributed by atoms with Gasteiger partial charge in [0.1, 0.15) is 5.84 Å². The summed E-state index contributed by atoms with van der Waals surface area (Å²) in [5.41, 5.74) is 7.46. The molecule has 96 valence electrons. The zero-order valence-corrected chi connectivity index (χ0v) is 10.5. The number of amidine groups is 1. The fourth-order valence-corrected chi connectivity index (χ4v) is 3.08. The topological polar surface area (TPSA) is 69.2 Å². The summed E-state index contributed by atoms with van der Waals surface area (Å²) < 4.78 is 0. The Bertz CT molecular complexity index is 458. The van der Waals surface area contributed by atoms with Gasteiger partial charge in [-0.25, -0.2) is 0 Å². The van der Waals surface area contributed by atoms with Crippen LogP contribution in [0.1, 0.15) is 18.4 Å². The van der Waals surface area contributed by atoms with Crippen LogP contribution in [-0.2, 0) is 0 Å². The predicted molar refractivity (Wildman–Crippen MR) is 72.1 cm³/mol. The number of nitrogens with zero attached hydrogens (tertiary/aromatic N) is 3. The van der Waals surface area contributed by atoms with Crippen molar-refractivity contribution in [2.45, 2.75) is 18.9 Å². The lowest BCUT2D eigenvalue weighted by molar-refractivity contribution is 0.231. The van der Waals surface area contributed by atoms with E-state index >= 15 is 0 Å². The third kappa shape index (κ3) is 1.95. The molecule has 1 aromatic heterocycles. The van der Waals surface area contributed by atoms with Gasteiger partial charge < -0.3 is 10.6 Å². The van der Waals surface area contributed by atoms with Crippen molar-refractivity contribution in [2.24, 2.45) is 5.73 Å². The molecule has 18 heavy (non-hydrogen) atoms. The first kappa shape index (κ1) is 11.5. The maximum Gasteiger partial charge on any atom is 0.125 e. The molecule has 1 aromatic rings. The first-order valence-corrected chi connectivity index (χ1v) is 6.53. The number of aromatic nitrogens is 1. The molecule has 3 N–H and O–H groups in total. The summed E-state index contributed by atoms with van der Waals surface area (Å²) in [7, 11) is 0. The lowest BCUT2D eigenvalue weighted by atomic mass is 10.1. The van der Waals surface area contributed by atoms with Crippen LogP contribution in [0.4, 0.5) is 5.69 Å². The minimum Gasteiger partial charge on any atom is -0.384 e. The molecular formula is C13H19N5. The Morgan fingerprint density at radius 3 is 3.11 bits per heavy atom. The summed E-state index contributed by atoms with van der Waals surface area (Å²) in [5, 5.41) is 7.65. The fourth-order valence-electron chi connectivity index (χ4n) is 3.08. The zero-order chi connectivity index (χ0) is 12.5. The number of pyridine rings is 1. The maximum absolute atomic E-state index is 7.65.